The zero-order valence-electron chi connectivity index (χ0n) is 10.9. The third kappa shape index (κ3) is 3.30. The van der Waals surface area contributed by atoms with Gasteiger partial charge in [-0.2, -0.15) is 0 Å². The van der Waals surface area contributed by atoms with Gasteiger partial charge in [-0.1, -0.05) is 29.4 Å². The van der Waals surface area contributed by atoms with Crippen molar-refractivity contribution in [2.45, 2.75) is 32.2 Å². The molecule has 2 radical (unpaired) electrons. The molecule has 1 fully saturated rings. The van der Waals surface area contributed by atoms with Crippen molar-refractivity contribution >= 4 is 19.0 Å². The molecule has 0 aliphatic carbocycles. The molecule has 3 heteroatoms. The molecular weight excluding hydrogens is 219 g/mol. The predicted octanol–water partition coefficient (Wildman–Crippen LogP) is 1.29. The Hall–Kier alpha value is -1.40. The van der Waals surface area contributed by atoms with Gasteiger partial charge in [-0.25, -0.2) is 0 Å². The molecule has 1 aliphatic rings. The van der Waals surface area contributed by atoms with E-state index in [0.29, 0.717) is 17.2 Å². The molecule has 1 atom stereocenters. The largest absolute Gasteiger partial charge is 0.398 e. The lowest BCUT2D eigenvalue weighted by molar-refractivity contribution is 0.275. The zero-order valence-corrected chi connectivity index (χ0v) is 10.9. The molecule has 18 heavy (non-hydrogen) atoms. The van der Waals surface area contributed by atoms with Crippen LogP contribution in [0.5, 0.6) is 0 Å². The SMILES string of the molecule is [B]c1ccc(N)c(C#CCCN2CCC[C@H]2C)c1. The summed E-state index contributed by atoms with van der Waals surface area (Å²) in [6, 6.07) is 6.15. The maximum atomic E-state index is 5.85. The number of benzene rings is 1. The molecule has 0 amide bonds. The van der Waals surface area contributed by atoms with Gasteiger partial charge in [0, 0.05) is 30.3 Å². The Morgan fingerprint density at radius 2 is 2.33 bits per heavy atom. The van der Waals surface area contributed by atoms with E-state index >= 15 is 0 Å². The molecule has 2 nitrogen and oxygen atoms in total. The highest BCUT2D eigenvalue weighted by Crippen LogP contribution is 2.16. The van der Waals surface area contributed by atoms with E-state index in [1.807, 2.05) is 12.1 Å². The second-order valence-corrected chi connectivity index (χ2v) is 4.93. The van der Waals surface area contributed by atoms with Crippen LogP contribution >= 0.6 is 0 Å². The van der Waals surface area contributed by atoms with Crippen LogP contribution in [-0.2, 0) is 0 Å². The number of nitrogens with two attached hydrogens (primary N) is 1. The monoisotopic (exact) mass is 238 g/mol. The summed E-state index contributed by atoms with van der Waals surface area (Å²) >= 11 is 0. The van der Waals surface area contributed by atoms with Crippen molar-refractivity contribution in [1.29, 1.82) is 0 Å². The number of nitrogens with zero attached hydrogens (tertiary/aromatic N) is 1. The summed E-state index contributed by atoms with van der Waals surface area (Å²) in [5.74, 6) is 6.30. The molecule has 0 bridgehead atoms. The minimum absolute atomic E-state index is 0.700. The van der Waals surface area contributed by atoms with Crippen LogP contribution in [0.4, 0.5) is 5.69 Å². The van der Waals surface area contributed by atoms with Gasteiger partial charge in [-0.05, 0) is 32.4 Å². The third-order valence-electron chi connectivity index (χ3n) is 3.51. The smallest absolute Gasteiger partial charge is 0.113 e. The first kappa shape index (κ1) is 13.0. The molecule has 1 aromatic carbocycles. The Kier molecular flexibility index (Phi) is 4.33. The molecule has 2 rings (SSSR count). The predicted molar refractivity (Wildman–Crippen MR) is 78.0 cm³/mol. The van der Waals surface area contributed by atoms with E-state index in [-0.39, 0.29) is 0 Å². The van der Waals surface area contributed by atoms with E-state index in [9.17, 15) is 0 Å². The van der Waals surface area contributed by atoms with Gasteiger partial charge >= 0.3 is 0 Å². The summed E-state index contributed by atoms with van der Waals surface area (Å²) in [6.07, 6.45) is 3.52. The lowest BCUT2D eigenvalue weighted by Gasteiger charge is -2.18. The molecule has 0 aromatic heterocycles. The van der Waals surface area contributed by atoms with Gasteiger partial charge < -0.3 is 5.73 Å². The highest BCUT2D eigenvalue weighted by Gasteiger charge is 2.18. The van der Waals surface area contributed by atoms with E-state index in [1.165, 1.54) is 19.4 Å². The van der Waals surface area contributed by atoms with Crippen LogP contribution in [0.15, 0.2) is 18.2 Å². The molecule has 92 valence electrons. The lowest BCUT2D eigenvalue weighted by atomic mass is 9.94. The molecule has 1 heterocycles. The number of hydrogen-bond acceptors (Lipinski definition) is 2. The fraction of sp³-hybridized carbons (Fsp3) is 0.467. The van der Waals surface area contributed by atoms with E-state index in [2.05, 4.69) is 23.7 Å². The normalized spacial score (nSPS) is 19.5. The fourth-order valence-electron chi connectivity index (χ4n) is 2.36. The maximum absolute atomic E-state index is 5.85. The number of likely N-dealkylation sites (tertiary alicyclic amines) is 1. The number of anilines is 1. The van der Waals surface area contributed by atoms with E-state index < -0.39 is 0 Å². The number of hydrogen-bond donors (Lipinski definition) is 1. The molecule has 1 saturated heterocycles. The van der Waals surface area contributed by atoms with E-state index in [4.69, 9.17) is 13.6 Å². The minimum Gasteiger partial charge on any atom is -0.398 e. The standard InChI is InChI=1S/C15H19BN2/c1-12-5-4-10-18(12)9-3-2-6-13-11-14(16)7-8-15(13)17/h7-8,11-12H,3-5,9-10,17H2,1H3/t12-/m1/s1. The zero-order chi connectivity index (χ0) is 13.0. The van der Waals surface area contributed by atoms with Gasteiger partial charge in [0.15, 0.2) is 0 Å². The molecule has 0 spiro atoms. The Balaban J connectivity index is 1.90. The molecule has 0 saturated carbocycles. The second kappa shape index (κ2) is 5.97. The van der Waals surface area contributed by atoms with Crippen molar-refractivity contribution in [2.24, 2.45) is 0 Å². The van der Waals surface area contributed by atoms with Gasteiger partial charge in [0.1, 0.15) is 7.85 Å². The van der Waals surface area contributed by atoms with Crippen molar-refractivity contribution < 1.29 is 0 Å². The van der Waals surface area contributed by atoms with Crippen molar-refractivity contribution in [2.75, 3.05) is 18.8 Å². The van der Waals surface area contributed by atoms with Crippen molar-refractivity contribution in [3.05, 3.63) is 23.8 Å². The first-order valence-electron chi connectivity index (χ1n) is 6.55. The lowest BCUT2D eigenvalue weighted by Crippen LogP contribution is -2.27. The first-order chi connectivity index (χ1) is 8.66. The average molecular weight is 238 g/mol. The molecular formula is C15H19BN2. The van der Waals surface area contributed by atoms with Crippen LogP contribution in [0.2, 0.25) is 0 Å². The molecule has 1 aliphatic heterocycles. The van der Waals surface area contributed by atoms with Crippen molar-refractivity contribution in [3.8, 4) is 11.8 Å². The maximum Gasteiger partial charge on any atom is 0.113 e. The summed E-state index contributed by atoms with van der Waals surface area (Å²) in [7, 11) is 5.72. The minimum atomic E-state index is 0.700. The molecule has 2 N–H and O–H groups in total. The highest BCUT2D eigenvalue weighted by molar-refractivity contribution is 6.32. The summed E-state index contributed by atoms with van der Waals surface area (Å²) in [4.78, 5) is 2.50. The second-order valence-electron chi connectivity index (χ2n) is 4.93. The summed E-state index contributed by atoms with van der Waals surface area (Å²) in [5.41, 5.74) is 8.09. The van der Waals surface area contributed by atoms with Gasteiger partial charge in [0.25, 0.3) is 0 Å². The first-order valence-corrected chi connectivity index (χ1v) is 6.55. The van der Waals surface area contributed by atoms with E-state index in [0.717, 1.165) is 18.5 Å². The molecule has 0 unspecified atom stereocenters. The summed E-state index contributed by atoms with van der Waals surface area (Å²) in [6.45, 7) is 4.55. The Labute approximate surface area is 111 Å². The van der Waals surface area contributed by atoms with Crippen LogP contribution in [0.25, 0.3) is 0 Å². The van der Waals surface area contributed by atoms with Gasteiger partial charge in [-0.3, -0.25) is 4.90 Å². The third-order valence-corrected chi connectivity index (χ3v) is 3.51. The summed E-state index contributed by atoms with van der Waals surface area (Å²) in [5, 5.41) is 0. The summed E-state index contributed by atoms with van der Waals surface area (Å²) < 4.78 is 0. The van der Waals surface area contributed by atoms with Gasteiger partial charge in [0.2, 0.25) is 0 Å². The van der Waals surface area contributed by atoms with Crippen LogP contribution in [0, 0.1) is 11.8 Å². The number of nitrogen functional groups attached to an aromatic ring is 1. The quantitative estimate of drug-likeness (QED) is 0.478. The van der Waals surface area contributed by atoms with Gasteiger partial charge in [0.05, 0.1) is 0 Å². The Morgan fingerprint density at radius 3 is 3.06 bits per heavy atom. The fourth-order valence-corrected chi connectivity index (χ4v) is 2.36. The average Bonchev–Trinajstić information content (AvgIpc) is 2.75. The highest BCUT2D eigenvalue weighted by atomic mass is 15.2. The number of rotatable bonds is 2. The molecule has 1 aromatic rings. The van der Waals surface area contributed by atoms with Crippen molar-refractivity contribution in [1.82, 2.24) is 4.90 Å². The van der Waals surface area contributed by atoms with Crippen LogP contribution in [-0.4, -0.2) is 31.9 Å². The topological polar surface area (TPSA) is 29.3 Å². The van der Waals surface area contributed by atoms with Crippen LogP contribution in [0.1, 0.15) is 31.7 Å². The van der Waals surface area contributed by atoms with Gasteiger partial charge in [-0.15, -0.1) is 0 Å². The van der Waals surface area contributed by atoms with Crippen LogP contribution < -0.4 is 11.2 Å². The Morgan fingerprint density at radius 1 is 1.50 bits per heavy atom. The van der Waals surface area contributed by atoms with E-state index in [1.54, 1.807) is 6.07 Å². The van der Waals surface area contributed by atoms with Crippen molar-refractivity contribution in [3.63, 3.8) is 0 Å². The Bertz CT molecular complexity index is 473. The van der Waals surface area contributed by atoms with Crippen LogP contribution in [0.3, 0.4) is 0 Å².